The van der Waals surface area contributed by atoms with Crippen molar-refractivity contribution < 1.29 is 0 Å². The van der Waals surface area contributed by atoms with E-state index in [0.717, 1.165) is 16.8 Å². The van der Waals surface area contributed by atoms with Gasteiger partial charge in [0, 0.05) is 6.54 Å². The molecule has 14 heavy (non-hydrogen) atoms. The molecule has 0 saturated heterocycles. The topological polar surface area (TPSA) is 56.7 Å². The number of benzene rings is 1. The summed E-state index contributed by atoms with van der Waals surface area (Å²) in [5.74, 6) is 0. The molecule has 4 nitrogen and oxygen atoms in total. The van der Waals surface area contributed by atoms with Gasteiger partial charge in [-0.25, -0.2) is 4.68 Å². The van der Waals surface area contributed by atoms with Gasteiger partial charge in [0.2, 0.25) is 0 Å². The van der Waals surface area contributed by atoms with Crippen molar-refractivity contribution in [3.63, 3.8) is 0 Å². The number of aromatic nitrogens is 3. The molecule has 0 aliphatic carbocycles. The summed E-state index contributed by atoms with van der Waals surface area (Å²) in [4.78, 5) is 0. The van der Waals surface area contributed by atoms with Crippen LogP contribution in [0.3, 0.4) is 0 Å². The number of aryl methyl sites for hydroxylation is 1. The molecule has 4 heteroatoms. The first-order chi connectivity index (χ1) is 6.81. The van der Waals surface area contributed by atoms with Crippen molar-refractivity contribution in [1.82, 2.24) is 15.0 Å². The molecule has 0 radical (unpaired) electrons. The van der Waals surface area contributed by atoms with E-state index < -0.39 is 0 Å². The molecule has 1 heterocycles. The highest BCUT2D eigenvalue weighted by molar-refractivity contribution is 5.41. The number of rotatable bonds is 2. The van der Waals surface area contributed by atoms with Crippen LogP contribution in [-0.2, 0) is 6.54 Å². The molecule has 0 unspecified atom stereocenters. The minimum absolute atomic E-state index is 0.568. The van der Waals surface area contributed by atoms with Crippen LogP contribution in [0.5, 0.6) is 0 Å². The van der Waals surface area contributed by atoms with E-state index in [2.05, 4.69) is 16.4 Å². The molecule has 0 spiro atoms. The summed E-state index contributed by atoms with van der Waals surface area (Å²) < 4.78 is 1.75. The minimum Gasteiger partial charge on any atom is -0.326 e. The summed E-state index contributed by atoms with van der Waals surface area (Å²) in [6, 6.07) is 6.08. The van der Waals surface area contributed by atoms with Crippen LogP contribution < -0.4 is 5.73 Å². The van der Waals surface area contributed by atoms with Gasteiger partial charge in [-0.3, -0.25) is 0 Å². The van der Waals surface area contributed by atoms with Gasteiger partial charge < -0.3 is 5.73 Å². The highest BCUT2D eigenvalue weighted by Crippen LogP contribution is 2.14. The Morgan fingerprint density at radius 3 is 2.86 bits per heavy atom. The third-order valence-corrected chi connectivity index (χ3v) is 2.17. The largest absolute Gasteiger partial charge is 0.326 e. The van der Waals surface area contributed by atoms with Crippen LogP contribution in [0.15, 0.2) is 30.6 Å². The molecule has 0 saturated carbocycles. The molecule has 0 bridgehead atoms. The van der Waals surface area contributed by atoms with Gasteiger partial charge in [0.15, 0.2) is 0 Å². The van der Waals surface area contributed by atoms with E-state index in [-0.39, 0.29) is 0 Å². The maximum absolute atomic E-state index is 5.55. The zero-order valence-corrected chi connectivity index (χ0v) is 8.01. The molecule has 2 rings (SSSR count). The van der Waals surface area contributed by atoms with Crippen molar-refractivity contribution in [3.8, 4) is 5.69 Å². The van der Waals surface area contributed by atoms with E-state index in [4.69, 9.17) is 5.73 Å². The van der Waals surface area contributed by atoms with Crippen molar-refractivity contribution in [1.29, 1.82) is 0 Å². The van der Waals surface area contributed by atoms with Crippen LogP contribution in [0.25, 0.3) is 5.69 Å². The fourth-order valence-corrected chi connectivity index (χ4v) is 1.44. The molecular weight excluding hydrogens is 176 g/mol. The predicted octanol–water partition coefficient (Wildman–Crippen LogP) is 1.03. The first kappa shape index (κ1) is 8.90. The molecular formula is C10H12N4. The van der Waals surface area contributed by atoms with E-state index in [1.807, 2.05) is 25.3 Å². The first-order valence-electron chi connectivity index (χ1n) is 4.47. The average Bonchev–Trinajstić information content (AvgIpc) is 2.70. The highest BCUT2D eigenvalue weighted by atomic mass is 15.4. The Bertz CT molecular complexity index is 420. The third-order valence-electron chi connectivity index (χ3n) is 2.17. The lowest BCUT2D eigenvalue weighted by Gasteiger charge is -2.06. The second-order valence-electron chi connectivity index (χ2n) is 3.17. The summed E-state index contributed by atoms with van der Waals surface area (Å²) >= 11 is 0. The number of nitrogens with zero attached hydrogens (tertiary/aromatic N) is 3. The van der Waals surface area contributed by atoms with Crippen LogP contribution in [0.1, 0.15) is 11.1 Å². The third kappa shape index (κ3) is 1.52. The molecule has 2 aromatic rings. The quantitative estimate of drug-likeness (QED) is 0.766. The van der Waals surface area contributed by atoms with Crippen LogP contribution in [-0.4, -0.2) is 15.0 Å². The second kappa shape index (κ2) is 3.59. The molecule has 0 fully saturated rings. The van der Waals surface area contributed by atoms with Gasteiger partial charge in [0.1, 0.15) is 0 Å². The number of nitrogens with two attached hydrogens (primary N) is 1. The molecule has 0 aliphatic heterocycles. The number of hydrogen-bond donors (Lipinski definition) is 1. The van der Waals surface area contributed by atoms with E-state index in [9.17, 15) is 0 Å². The lowest BCUT2D eigenvalue weighted by Crippen LogP contribution is -2.01. The zero-order chi connectivity index (χ0) is 9.97. The molecule has 0 atom stereocenters. The second-order valence-corrected chi connectivity index (χ2v) is 3.17. The Balaban J connectivity index is 2.46. The van der Waals surface area contributed by atoms with Crippen molar-refractivity contribution in [2.24, 2.45) is 5.73 Å². The Hall–Kier alpha value is -1.68. The van der Waals surface area contributed by atoms with Crippen LogP contribution in [0, 0.1) is 6.92 Å². The Morgan fingerprint density at radius 2 is 2.29 bits per heavy atom. The van der Waals surface area contributed by atoms with Gasteiger partial charge in [-0.1, -0.05) is 17.3 Å². The van der Waals surface area contributed by atoms with Crippen LogP contribution >= 0.6 is 0 Å². The SMILES string of the molecule is Cc1cc(CN)ccc1-n1ccnn1. The highest BCUT2D eigenvalue weighted by Gasteiger charge is 2.01. The van der Waals surface area contributed by atoms with Crippen LogP contribution in [0.4, 0.5) is 0 Å². The number of hydrogen-bond acceptors (Lipinski definition) is 3. The lowest BCUT2D eigenvalue weighted by atomic mass is 10.1. The van der Waals surface area contributed by atoms with Gasteiger partial charge in [-0.05, 0) is 24.1 Å². The molecule has 72 valence electrons. The molecule has 0 amide bonds. The molecule has 0 aliphatic rings. The van der Waals surface area contributed by atoms with Crippen molar-refractivity contribution in [3.05, 3.63) is 41.7 Å². The molecule has 2 N–H and O–H groups in total. The maximum Gasteiger partial charge on any atom is 0.0697 e. The maximum atomic E-state index is 5.55. The minimum atomic E-state index is 0.568. The Labute approximate surface area is 82.4 Å². The zero-order valence-electron chi connectivity index (χ0n) is 8.01. The summed E-state index contributed by atoms with van der Waals surface area (Å²) in [6.45, 7) is 2.61. The van der Waals surface area contributed by atoms with Gasteiger partial charge in [-0.2, -0.15) is 0 Å². The lowest BCUT2D eigenvalue weighted by molar-refractivity contribution is 0.797. The first-order valence-corrected chi connectivity index (χ1v) is 4.47. The standard InChI is InChI=1S/C10H12N4/c1-8-6-9(7-11)2-3-10(8)14-5-4-12-13-14/h2-6H,7,11H2,1H3. The fourth-order valence-electron chi connectivity index (χ4n) is 1.44. The normalized spacial score (nSPS) is 10.4. The smallest absolute Gasteiger partial charge is 0.0697 e. The van der Waals surface area contributed by atoms with Gasteiger partial charge >= 0.3 is 0 Å². The molecule has 1 aromatic carbocycles. The van der Waals surface area contributed by atoms with E-state index >= 15 is 0 Å². The Morgan fingerprint density at radius 1 is 1.43 bits per heavy atom. The van der Waals surface area contributed by atoms with Crippen LogP contribution in [0.2, 0.25) is 0 Å². The molecule has 1 aromatic heterocycles. The van der Waals surface area contributed by atoms with Crippen molar-refractivity contribution in [2.45, 2.75) is 13.5 Å². The monoisotopic (exact) mass is 188 g/mol. The van der Waals surface area contributed by atoms with Gasteiger partial charge in [0.05, 0.1) is 18.1 Å². The average molecular weight is 188 g/mol. The summed E-state index contributed by atoms with van der Waals surface area (Å²) in [7, 11) is 0. The van der Waals surface area contributed by atoms with Crippen molar-refractivity contribution >= 4 is 0 Å². The van der Waals surface area contributed by atoms with E-state index in [1.54, 1.807) is 10.9 Å². The van der Waals surface area contributed by atoms with E-state index in [0.29, 0.717) is 6.54 Å². The fraction of sp³-hybridized carbons (Fsp3) is 0.200. The van der Waals surface area contributed by atoms with Gasteiger partial charge in [-0.15, -0.1) is 5.10 Å². The predicted molar refractivity (Wildman–Crippen MR) is 54.0 cm³/mol. The van der Waals surface area contributed by atoms with E-state index in [1.165, 1.54) is 0 Å². The summed E-state index contributed by atoms with van der Waals surface area (Å²) in [5.41, 5.74) is 8.88. The summed E-state index contributed by atoms with van der Waals surface area (Å²) in [6.07, 6.45) is 3.49. The summed E-state index contributed by atoms with van der Waals surface area (Å²) in [5, 5.41) is 7.71. The van der Waals surface area contributed by atoms with Crippen molar-refractivity contribution in [2.75, 3.05) is 0 Å². The van der Waals surface area contributed by atoms with Gasteiger partial charge in [0.25, 0.3) is 0 Å². The Kier molecular flexibility index (Phi) is 2.28.